The van der Waals surface area contributed by atoms with Gasteiger partial charge in [-0.2, -0.15) is 5.26 Å². The van der Waals surface area contributed by atoms with Crippen LogP contribution in [-0.2, 0) is 16.0 Å². The van der Waals surface area contributed by atoms with Crippen LogP contribution in [0, 0.1) is 17.2 Å². The Morgan fingerprint density at radius 1 is 1.52 bits per heavy atom. The zero-order chi connectivity index (χ0) is 16.4. The Bertz CT molecular complexity index is 735. The molecule has 3 rings (SSSR count). The molecule has 1 saturated heterocycles. The molecule has 2 aliphatic heterocycles. The lowest BCUT2D eigenvalue weighted by molar-refractivity contribution is -0.126. The first kappa shape index (κ1) is 15.2. The Morgan fingerprint density at radius 3 is 3.04 bits per heavy atom. The zero-order valence-electron chi connectivity index (χ0n) is 12.5. The molecule has 2 N–H and O–H groups in total. The van der Waals surface area contributed by atoms with Crippen molar-refractivity contribution >= 4 is 11.8 Å². The maximum Gasteiger partial charge on any atom is 0.254 e. The molecule has 0 aromatic carbocycles. The molecular weight excluding hydrogens is 298 g/mol. The first-order chi connectivity index (χ1) is 11.1. The number of nitriles is 1. The summed E-state index contributed by atoms with van der Waals surface area (Å²) in [6.45, 7) is 0.604. The van der Waals surface area contributed by atoms with Crippen LogP contribution in [0.5, 0.6) is 0 Å². The van der Waals surface area contributed by atoms with Crippen molar-refractivity contribution in [3.05, 3.63) is 28.4 Å². The summed E-state index contributed by atoms with van der Waals surface area (Å²) < 4.78 is 1.38. The zero-order valence-corrected chi connectivity index (χ0v) is 12.5. The molecule has 0 spiro atoms. The van der Waals surface area contributed by atoms with Crippen molar-refractivity contribution in [2.75, 3.05) is 6.54 Å². The molecule has 1 fully saturated rings. The van der Waals surface area contributed by atoms with Crippen LogP contribution in [0.4, 0.5) is 0 Å². The van der Waals surface area contributed by atoms with Gasteiger partial charge in [-0.3, -0.25) is 19.0 Å². The molecule has 1 aromatic rings. The average Bonchev–Trinajstić information content (AvgIpc) is 3.14. The lowest BCUT2D eigenvalue weighted by Gasteiger charge is -2.18. The van der Waals surface area contributed by atoms with Gasteiger partial charge in [-0.15, -0.1) is 0 Å². The largest absolute Gasteiger partial charge is 0.356 e. The number of amides is 2. The quantitative estimate of drug-likeness (QED) is 0.759. The fourth-order valence-electron chi connectivity index (χ4n) is 3.18. The number of hydrogen-bond acceptors (Lipinski definition) is 5. The maximum absolute atomic E-state index is 12.4. The summed E-state index contributed by atoms with van der Waals surface area (Å²) in [5.74, 6) is -0.114. The van der Waals surface area contributed by atoms with E-state index in [1.807, 2.05) is 6.07 Å². The van der Waals surface area contributed by atoms with E-state index in [-0.39, 0.29) is 29.7 Å². The number of hydrogen-bond donors (Lipinski definition) is 2. The third-order valence-electron chi connectivity index (χ3n) is 4.37. The number of rotatable bonds is 4. The highest BCUT2D eigenvalue weighted by molar-refractivity contribution is 5.82. The van der Waals surface area contributed by atoms with Gasteiger partial charge in [0.15, 0.2) is 0 Å². The molecule has 2 aliphatic rings. The van der Waals surface area contributed by atoms with Gasteiger partial charge in [-0.1, -0.05) is 0 Å². The third kappa shape index (κ3) is 2.95. The highest BCUT2D eigenvalue weighted by Gasteiger charge is 2.33. The van der Waals surface area contributed by atoms with Gasteiger partial charge in [-0.05, 0) is 19.3 Å². The summed E-state index contributed by atoms with van der Waals surface area (Å²) in [6.07, 6.45) is 3.43. The van der Waals surface area contributed by atoms with E-state index in [4.69, 9.17) is 0 Å². The number of nitrogens with one attached hydrogen (secondary N) is 2. The Morgan fingerprint density at radius 2 is 2.35 bits per heavy atom. The van der Waals surface area contributed by atoms with E-state index < -0.39 is 12.1 Å². The fraction of sp³-hybridized carbons (Fsp3) is 0.533. The number of nitrogens with zero attached hydrogens (tertiary/aromatic N) is 3. The van der Waals surface area contributed by atoms with Crippen LogP contribution in [0.3, 0.4) is 0 Å². The molecule has 0 unspecified atom stereocenters. The van der Waals surface area contributed by atoms with E-state index in [1.54, 1.807) is 0 Å². The first-order valence-corrected chi connectivity index (χ1v) is 7.64. The van der Waals surface area contributed by atoms with E-state index in [1.165, 1.54) is 16.8 Å². The normalized spacial score (nSPS) is 23.7. The summed E-state index contributed by atoms with van der Waals surface area (Å²) in [4.78, 5) is 40.1. The molecule has 3 atom stereocenters. The molecule has 0 saturated carbocycles. The second-order valence-electron chi connectivity index (χ2n) is 5.83. The number of carbonyl (C=O) groups excluding carboxylic acids is 2. The SMILES string of the molecule is N#C[C@H](C[C@@H]1CCNC1=O)NC(=O)[C@@H]1CCc2nccc(=O)n21. The van der Waals surface area contributed by atoms with Gasteiger partial charge in [0, 0.05) is 31.1 Å². The molecule has 0 radical (unpaired) electrons. The molecule has 3 heterocycles. The monoisotopic (exact) mass is 315 g/mol. The van der Waals surface area contributed by atoms with Crippen molar-refractivity contribution in [3.8, 4) is 6.07 Å². The van der Waals surface area contributed by atoms with Crippen LogP contribution in [0.25, 0.3) is 0 Å². The Labute approximate surface area is 132 Å². The minimum absolute atomic E-state index is 0.0777. The van der Waals surface area contributed by atoms with E-state index in [9.17, 15) is 19.6 Å². The third-order valence-corrected chi connectivity index (χ3v) is 4.37. The summed E-state index contributed by atoms with van der Waals surface area (Å²) in [5.41, 5.74) is -0.267. The van der Waals surface area contributed by atoms with Crippen molar-refractivity contribution in [2.45, 2.75) is 37.8 Å². The second-order valence-corrected chi connectivity index (χ2v) is 5.83. The minimum atomic E-state index is -0.743. The molecular formula is C15H17N5O3. The van der Waals surface area contributed by atoms with Gasteiger partial charge in [0.1, 0.15) is 17.9 Å². The lowest BCUT2D eigenvalue weighted by atomic mass is 9.99. The van der Waals surface area contributed by atoms with Crippen molar-refractivity contribution < 1.29 is 9.59 Å². The summed E-state index contributed by atoms with van der Waals surface area (Å²) in [5, 5.41) is 14.6. The molecule has 120 valence electrons. The van der Waals surface area contributed by atoms with Crippen molar-refractivity contribution in [1.82, 2.24) is 20.2 Å². The van der Waals surface area contributed by atoms with Crippen molar-refractivity contribution in [2.24, 2.45) is 5.92 Å². The molecule has 8 heteroatoms. The molecule has 2 amide bonds. The first-order valence-electron chi connectivity index (χ1n) is 7.64. The van der Waals surface area contributed by atoms with Crippen LogP contribution in [-0.4, -0.2) is 34.0 Å². The molecule has 0 aliphatic carbocycles. The van der Waals surface area contributed by atoms with Gasteiger partial charge in [0.2, 0.25) is 11.8 Å². The van der Waals surface area contributed by atoms with E-state index in [0.717, 1.165) is 0 Å². The summed E-state index contributed by atoms with van der Waals surface area (Å²) >= 11 is 0. The van der Waals surface area contributed by atoms with Crippen LogP contribution in [0.2, 0.25) is 0 Å². The fourth-order valence-corrected chi connectivity index (χ4v) is 3.18. The standard InChI is InChI=1S/C15H17N5O3/c16-8-10(7-9-3-5-18-14(9)22)19-15(23)11-1-2-12-17-6-4-13(21)20(11)12/h4,6,9-11H,1-3,5,7H2,(H,18,22)(H,19,23)/t9-,10-,11-/m0/s1. The molecule has 8 nitrogen and oxygen atoms in total. The van der Waals surface area contributed by atoms with E-state index in [0.29, 0.717) is 31.6 Å². The van der Waals surface area contributed by atoms with Gasteiger partial charge in [0.05, 0.1) is 6.07 Å². The van der Waals surface area contributed by atoms with Crippen LogP contribution < -0.4 is 16.2 Å². The van der Waals surface area contributed by atoms with E-state index >= 15 is 0 Å². The second kappa shape index (κ2) is 6.20. The van der Waals surface area contributed by atoms with Gasteiger partial charge in [0.25, 0.3) is 5.56 Å². The summed E-state index contributed by atoms with van der Waals surface area (Å²) in [7, 11) is 0. The smallest absolute Gasteiger partial charge is 0.254 e. The topological polar surface area (TPSA) is 117 Å². The Kier molecular flexibility index (Phi) is 4.10. The predicted octanol–water partition coefficient (Wildman–Crippen LogP) is -0.735. The van der Waals surface area contributed by atoms with Gasteiger partial charge >= 0.3 is 0 Å². The molecule has 1 aromatic heterocycles. The highest BCUT2D eigenvalue weighted by atomic mass is 16.2. The number of fused-ring (bicyclic) bond motifs is 1. The summed E-state index contributed by atoms with van der Waals surface area (Å²) in [6, 6.07) is 1.96. The molecule has 23 heavy (non-hydrogen) atoms. The predicted molar refractivity (Wildman–Crippen MR) is 79.1 cm³/mol. The van der Waals surface area contributed by atoms with Crippen molar-refractivity contribution in [3.63, 3.8) is 0 Å². The van der Waals surface area contributed by atoms with Crippen molar-refractivity contribution in [1.29, 1.82) is 5.26 Å². The highest BCUT2D eigenvalue weighted by Crippen LogP contribution is 2.22. The molecule has 0 bridgehead atoms. The number of aromatic nitrogens is 2. The maximum atomic E-state index is 12.4. The lowest BCUT2D eigenvalue weighted by Crippen LogP contribution is -2.41. The van der Waals surface area contributed by atoms with Gasteiger partial charge in [-0.25, -0.2) is 4.98 Å². The van der Waals surface area contributed by atoms with Crippen LogP contribution in [0.1, 0.15) is 31.1 Å². The van der Waals surface area contributed by atoms with Gasteiger partial charge < -0.3 is 10.6 Å². The van der Waals surface area contributed by atoms with Crippen LogP contribution >= 0.6 is 0 Å². The average molecular weight is 315 g/mol. The number of aryl methyl sites for hydroxylation is 1. The Hall–Kier alpha value is -2.69. The minimum Gasteiger partial charge on any atom is -0.356 e. The van der Waals surface area contributed by atoms with Crippen LogP contribution in [0.15, 0.2) is 17.1 Å². The number of carbonyl (C=O) groups is 2. The Balaban J connectivity index is 1.69. The van der Waals surface area contributed by atoms with E-state index in [2.05, 4.69) is 15.6 Å².